The Balaban J connectivity index is 2.01. The molecule has 104 valence electrons. The van der Waals surface area contributed by atoms with Crippen LogP contribution < -0.4 is 0 Å². The van der Waals surface area contributed by atoms with Gasteiger partial charge in [0.2, 0.25) is 0 Å². The van der Waals surface area contributed by atoms with Gasteiger partial charge in [-0.25, -0.2) is 4.98 Å². The minimum atomic E-state index is -4.41. The average Bonchev–Trinajstić information content (AvgIpc) is 2.92. The van der Waals surface area contributed by atoms with Crippen molar-refractivity contribution >= 4 is 11.0 Å². The van der Waals surface area contributed by atoms with E-state index in [0.717, 1.165) is 17.1 Å². The largest absolute Gasteiger partial charge is 0.417 e. The molecular formula is C16H9F3N2. The van der Waals surface area contributed by atoms with Crippen LogP contribution in [0.5, 0.6) is 0 Å². The molecule has 0 saturated heterocycles. The van der Waals surface area contributed by atoms with E-state index >= 15 is 0 Å². The summed E-state index contributed by atoms with van der Waals surface area (Å²) in [6.45, 7) is 0. The second-order valence-electron chi connectivity index (χ2n) is 4.43. The minimum absolute atomic E-state index is 0.0424. The molecular weight excluding hydrogens is 277 g/mol. The van der Waals surface area contributed by atoms with E-state index in [0.29, 0.717) is 5.56 Å². The average molecular weight is 286 g/mol. The van der Waals surface area contributed by atoms with E-state index in [1.807, 2.05) is 6.07 Å². The van der Waals surface area contributed by atoms with Crippen LogP contribution in [0.15, 0.2) is 48.8 Å². The summed E-state index contributed by atoms with van der Waals surface area (Å²) < 4.78 is 38.6. The van der Waals surface area contributed by atoms with Crippen LogP contribution in [-0.4, -0.2) is 9.97 Å². The van der Waals surface area contributed by atoms with Crippen molar-refractivity contribution in [2.75, 3.05) is 0 Å². The molecule has 5 heteroatoms. The highest BCUT2D eigenvalue weighted by Gasteiger charge is 2.32. The van der Waals surface area contributed by atoms with E-state index in [1.165, 1.54) is 24.4 Å². The number of H-pyrrole nitrogens is 1. The van der Waals surface area contributed by atoms with Crippen molar-refractivity contribution in [2.24, 2.45) is 0 Å². The van der Waals surface area contributed by atoms with Crippen LogP contribution in [-0.2, 0) is 6.18 Å². The maximum absolute atomic E-state index is 12.9. The number of aromatic amines is 1. The quantitative estimate of drug-likeness (QED) is 0.622. The number of nitrogens with one attached hydrogen (secondary N) is 1. The minimum Gasteiger partial charge on any atom is -0.346 e. The van der Waals surface area contributed by atoms with Gasteiger partial charge in [-0.2, -0.15) is 13.2 Å². The standard InChI is InChI=1S/C16H9F3N2/c17-16(18,19)14-4-2-1-3-12(14)6-5-11-9-13-7-8-20-15(13)21-10-11/h1-4,7-10H,(H,20,21). The lowest BCUT2D eigenvalue weighted by Gasteiger charge is -2.08. The first kappa shape index (κ1) is 13.3. The summed E-state index contributed by atoms with van der Waals surface area (Å²) in [5.74, 6) is 5.30. The molecule has 21 heavy (non-hydrogen) atoms. The molecule has 1 N–H and O–H groups in total. The van der Waals surface area contributed by atoms with Crippen molar-refractivity contribution in [1.82, 2.24) is 9.97 Å². The molecule has 2 aromatic heterocycles. The fraction of sp³-hybridized carbons (Fsp3) is 0.0625. The van der Waals surface area contributed by atoms with Gasteiger partial charge in [0.25, 0.3) is 0 Å². The molecule has 0 radical (unpaired) electrons. The Morgan fingerprint density at radius 1 is 1.05 bits per heavy atom. The fourth-order valence-corrected chi connectivity index (χ4v) is 1.99. The van der Waals surface area contributed by atoms with Gasteiger partial charge in [-0.1, -0.05) is 24.0 Å². The molecule has 0 fully saturated rings. The zero-order chi connectivity index (χ0) is 14.9. The Bertz CT molecular complexity index is 851. The van der Waals surface area contributed by atoms with Crippen molar-refractivity contribution in [1.29, 1.82) is 0 Å². The molecule has 2 heterocycles. The van der Waals surface area contributed by atoms with Crippen LogP contribution in [0.3, 0.4) is 0 Å². The van der Waals surface area contributed by atoms with Gasteiger partial charge in [-0.05, 0) is 24.3 Å². The molecule has 3 aromatic rings. The molecule has 1 aromatic carbocycles. The Kier molecular flexibility index (Phi) is 3.15. The number of halogens is 3. The Morgan fingerprint density at radius 2 is 1.86 bits per heavy atom. The van der Waals surface area contributed by atoms with Crippen molar-refractivity contribution in [3.05, 3.63) is 65.5 Å². The molecule has 0 aliphatic rings. The molecule has 0 saturated carbocycles. The Hall–Kier alpha value is -2.74. The zero-order valence-electron chi connectivity index (χ0n) is 10.7. The monoisotopic (exact) mass is 286 g/mol. The topological polar surface area (TPSA) is 28.7 Å². The SMILES string of the molecule is FC(F)(F)c1ccccc1C#Cc1cnc2[nH]ccc2c1. The summed E-state index contributed by atoms with van der Waals surface area (Å²) in [5.41, 5.74) is 0.516. The Labute approximate surface area is 118 Å². The summed E-state index contributed by atoms with van der Waals surface area (Å²) in [5, 5.41) is 0.867. The van der Waals surface area contributed by atoms with E-state index < -0.39 is 11.7 Å². The fourth-order valence-electron chi connectivity index (χ4n) is 1.99. The van der Waals surface area contributed by atoms with Gasteiger partial charge >= 0.3 is 6.18 Å². The summed E-state index contributed by atoms with van der Waals surface area (Å²) >= 11 is 0. The third-order valence-electron chi connectivity index (χ3n) is 2.97. The molecule has 0 bridgehead atoms. The normalized spacial score (nSPS) is 11.2. The first-order valence-electron chi connectivity index (χ1n) is 6.15. The van der Waals surface area contributed by atoms with Gasteiger partial charge in [0.15, 0.2) is 0 Å². The number of fused-ring (bicyclic) bond motifs is 1. The van der Waals surface area contributed by atoms with Crippen LogP contribution in [0.2, 0.25) is 0 Å². The van der Waals surface area contributed by atoms with Gasteiger partial charge in [0, 0.05) is 28.9 Å². The summed E-state index contributed by atoms with van der Waals surface area (Å²) in [6.07, 6.45) is -1.13. The number of nitrogens with zero attached hydrogens (tertiary/aromatic N) is 1. The Morgan fingerprint density at radius 3 is 2.67 bits per heavy atom. The molecule has 0 aliphatic carbocycles. The van der Waals surface area contributed by atoms with Gasteiger partial charge < -0.3 is 4.98 Å². The van der Waals surface area contributed by atoms with E-state index in [4.69, 9.17) is 0 Å². The molecule has 0 atom stereocenters. The summed E-state index contributed by atoms with van der Waals surface area (Å²) in [6, 6.07) is 8.88. The van der Waals surface area contributed by atoms with Gasteiger partial charge in [-0.15, -0.1) is 0 Å². The van der Waals surface area contributed by atoms with Crippen LogP contribution in [0.25, 0.3) is 11.0 Å². The van der Waals surface area contributed by atoms with Crippen molar-refractivity contribution in [3.8, 4) is 11.8 Å². The summed E-state index contributed by atoms with van der Waals surface area (Å²) in [7, 11) is 0. The molecule has 0 spiro atoms. The predicted molar refractivity (Wildman–Crippen MR) is 73.5 cm³/mol. The van der Waals surface area contributed by atoms with Gasteiger partial charge in [-0.3, -0.25) is 0 Å². The maximum Gasteiger partial charge on any atom is 0.417 e. The number of aromatic nitrogens is 2. The number of hydrogen-bond donors (Lipinski definition) is 1. The molecule has 3 rings (SSSR count). The number of benzene rings is 1. The maximum atomic E-state index is 12.9. The number of rotatable bonds is 0. The van der Waals surface area contributed by atoms with E-state index in [1.54, 1.807) is 12.3 Å². The lowest BCUT2D eigenvalue weighted by molar-refractivity contribution is -0.137. The molecule has 0 amide bonds. The molecule has 0 aliphatic heterocycles. The van der Waals surface area contributed by atoms with Gasteiger partial charge in [0.1, 0.15) is 5.65 Å². The summed E-state index contributed by atoms with van der Waals surface area (Å²) in [4.78, 5) is 7.09. The first-order valence-corrected chi connectivity index (χ1v) is 6.15. The molecule has 2 nitrogen and oxygen atoms in total. The highest BCUT2D eigenvalue weighted by atomic mass is 19.4. The second-order valence-corrected chi connectivity index (χ2v) is 4.43. The highest BCUT2D eigenvalue weighted by molar-refractivity contribution is 5.76. The molecule has 0 unspecified atom stereocenters. The first-order chi connectivity index (χ1) is 10.0. The van der Waals surface area contributed by atoms with E-state index in [-0.39, 0.29) is 5.56 Å². The second kappa shape index (κ2) is 4.98. The third-order valence-corrected chi connectivity index (χ3v) is 2.97. The number of alkyl halides is 3. The lowest BCUT2D eigenvalue weighted by atomic mass is 10.1. The smallest absolute Gasteiger partial charge is 0.346 e. The van der Waals surface area contributed by atoms with Crippen LogP contribution in [0.1, 0.15) is 16.7 Å². The van der Waals surface area contributed by atoms with Crippen LogP contribution in [0.4, 0.5) is 13.2 Å². The van der Waals surface area contributed by atoms with E-state index in [2.05, 4.69) is 21.8 Å². The van der Waals surface area contributed by atoms with E-state index in [9.17, 15) is 13.2 Å². The van der Waals surface area contributed by atoms with Crippen molar-refractivity contribution < 1.29 is 13.2 Å². The highest BCUT2D eigenvalue weighted by Crippen LogP contribution is 2.31. The lowest BCUT2D eigenvalue weighted by Crippen LogP contribution is -2.07. The number of hydrogen-bond acceptors (Lipinski definition) is 1. The van der Waals surface area contributed by atoms with Crippen molar-refractivity contribution in [3.63, 3.8) is 0 Å². The van der Waals surface area contributed by atoms with Crippen molar-refractivity contribution in [2.45, 2.75) is 6.18 Å². The number of pyridine rings is 1. The zero-order valence-corrected chi connectivity index (χ0v) is 10.7. The third kappa shape index (κ3) is 2.75. The predicted octanol–water partition coefficient (Wildman–Crippen LogP) is 3.98. The van der Waals surface area contributed by atoms with Crippen LogP contribution >= 0.6 is 0 Å². The van der Waals surface area contributed by atoms with Crippen LogP contribution in [0, 0.1) is 11.8 Å². The van der Waals surface area contributed by atoms with Gasteiger partial charge in [0.05, 0.1) is 5.56 Å².